The van der Waals surface area contributed by atoms with Gasteiger partial charge in [0.25, 0.3) is 5.91 Å². The predicted octanol–water partition coefficient (Wildman–Crippen LogP) is 7.57. The summed E-state index contributed by atoms with van der Waals surface area (Å²) in [4.78, 5) is 27.3. The molecule has 0 radical (unpaired) electrons. The second kappa shape index (κ2) is 12.6. The number of hydrogen-bond acceptors (Lipinski definition) is 4. The molecule has 238 valence electrons. The second-order valence-corrected chi connectivity index (χ2v) is 13.4. The highest BCUT2D eigenvalue weighted by Crippen LogP contribution is 2.31. The van der Waals surface area contributed by atoms with Gasteiger partial charge in [-0.25, -0.2) is 9.18 Å². The lowest BCUT2D eigenvalue weighted by molar-refractivity contribution is 0.0696. The molecule has 46 heavy (non-hydrogen) atoms. The van der Waals surface area contributed by atoms with Gasteiger partial charge in [0.15, 0.2) is 0 Å². The molecule has 2 aromatic heterocycles. The van der Waals surface area contributed by atoms with Crippen LogP contribution in [0.2, 0.25) is 0 Å². The highest BCUT2D eigenvalue weighted by Gasteiger charge is 2.26. The fourth-order valence-electron chi connectivity index (χ4n) is 6.47. The molecule has 1 atom stereocenters. The van der Waals surface area contributed by atoms with E-state index in [4.69, 9.17) is 5.11 Å². The summed E-state index contributed by atoms with van der Waals surface area (Å²) in [6.07, 6.45) is 5.94. The van der Waals surface area contributed by atoms with Crippen LogP contribution >= 0.6 is 0 Å². The number of aromatic nitrogens is 3. The summed E-state index contributed by atoms with van der Waals surface area (Å²) in [6, 6.07) is 19.3. The number of aryl methyl sites for hydroxylation is 2. The Balaban J connectivity index is 1.15. The van der Waals surface area contributed by atoms with Crippen molar-refractivity contribution in [2.75, 3.05) is 18.4 Å². The molecule has 1 aliphatic rings. The summed E-state index contributed by atoms with van der Waals surface area (Å²) < 4.78 is 17.8. The summed E-state index contributed by atoms with van der Waals surface area (Å²) in [5, 5.41) is 17.9. The van der Waals surface area contributed by atoms with Gasteiger partial charge in [0.1, 0.15) is 5.82 Å². The first kappa shape index (κ1) is 31.2. The van der Waals surface area contributed by atoms with E-state index in [-0.39, 0.29) is 17.3 Å². The maximum atomic E-state index is 13.7. The topological polar surface area (TPSA) is 92.4 Å². The zero-order valence-electron chi connectivity index (χ0n) is 26.8. The quantitative estimate of drug-likeness (QED) is 0.177. The van der Waals surface area contributed by atoms with Gasteiger partial charge in [-0.15, -0.1) is 0 Å². The molecule has 0 bridgehead atoms. The van der Waals surface area contributed by atoms with Crippen molar-refractivity contribution in [3.05, 3.63) is 107 Å². The normalized spacial score (nSPS) is 15.5. The minimum atomic E-state index is -0.904. The lowest BCUT2D eigenvalue weighted by Gasteiger charge is -2.23. The zero-order valence-corrected chi connectivity index (χ0v) is 26.8. The van der Waals surface area contributed by atoms with E-state index in [1.54, 1.807) is 30.5 Å². The maximum absolute atomic E-state index is 13.7. The average molecular weight is 622 g/mol. The molecule has 5 aromatic rings. The number of hydrogen-bond donors (Lipinski definition) is 2. The van der Waals surface area contributed by atoms with Gasteiger partial charge in [-0.1, -0.05) is 18.2 Å². The zero-order chi connectivity index (χ0) is 32.6. The molecule has 0 aliphatic carbocycles. The van der Waals surface area contributed by atoms with Gasteiger partial charge < -0.3 is 15.0 Å². The van der Waals surface area contributed by atoms with Crippen LogP contribution in [0.4, 0.5) is 10.1 Å². The van der Waals surface area contributed by atoms with Gasteiger partial charge in [0.2, 0.25) is 0 Å². The van der Waals surface area contributed by atoms with E-state index < -0.39 is 5.97 Å². The molecule has 2 N–H and O–H groups in total. The first-order chi connectivity index (χ1) is 22.0. The van der Waals surface area contributed by atoms with E-state index >= 15 is 0 Å². The van der Waals surface area contributed by atoms with Crippen LogP contribution in [0.5, 0.6) is 0 Å². The van der Waals surface area contributed by atoms with Crippen LogP contribution in [0.25, 0.3) is 22.2 Å². The SMILES string of the molecule is Cc1cn(CCC2CCN(Cc3ccc(C(=O)O)cc3)C2)c2cc(NC(=O)c3cnn(C(C)(C)C)c3-c3ccc(F)cc3)ccc12. The first-order valence-electron chi connectivity index (χ1n) is 15.8. The Bertz CT molecular complexity index is 1880. The van der Waals surface area contributed by atoms with Crippen LogP contribution in [0.15, 0.2) is 79.1 Å². The Kier molecular flexibility index (Phi) is 8.53. The predicted molar refractivity (Wildman–Crippen MR) is 179 cm³/mol. The minimum absolute atomic E-state index is 0.271. The van der Waals surface area contributed by atoms with Crippen LogP contribution in [0.1, 0.15) is 65.5 Å². The monoisotopic (exact) mass is 621 g/mol. The highest BCUT2D eigenvalue weighted by atomic mass is 19.1. The van der Waals surface area contributed by atoms with Crippen molar-refractivity contribution in [3.63, 3.8) is 0 Å². The van der Waals surface area contributed by atoms with Gasteiger partial charge in [-0.2, -0.15) is 5.10 Å². The largest absolute Gasteiger partial charge is 0.478 e. The number of aromatic carboxylic acids is 1. The Hall–Kier alpha value is -4.76. The molecule has 1 fully saturated rings. The van der Waals surface area contributed by atoms with E-state index in [1.807, 2.05) is 49.7 Å². The molecule has 1 unspecified atom stereocenters. The number of carbonyl (C=O) groups excluding carboxylic acids is 1. The standard InChI is InChI=1S/C37H40FN5O3/c1-24-21-42(18-16-26-15-17-41(23-26)22-25-5-7-28(8-6-25)36(45)46)33-19-30(13-14-31(24)33)40-35(44)32-20-39-43(37(2,3)4)34(32)27-9-11-29(38)12-10-27/h5-14,19-21,26H,15-18,22-23H2,1-4H3,(H,40,44)(H,45,46). The number of fused-ring (bicyclic) bond motifs is 1. The number of carboxylic acids is 1. The number of benzene rings is 3. The number of rotatable bonds is 9. The fraction of sp³-hybridized carbons (Fsp3) is 0.324. The molecule has 9 heteroatoms. The van der Waals surface area contributed by atoms with Crippen molar-refractivity contribution in [3.8, 4) is 11.3 Å². The lowest BCUT2D eigenvalue weighted by atomic mass is 10.0. The fourth-order valence-corrected chi connectivity index (χ4v) is 6.47. The third-order valence-corrected chi connectivity index (χ3v) is 8.86. The van der Waals surface area contributed by atoms with E-state index in [2.05, 4.69) is 39.1 Å². The summed E-state index contributed by atoms with van der Waals surface area (Å²) in [7, 11) is 0. The molecule has 1 aliphatic heterocycles. The Labute approximate surface area is 268 Å². The van der Waals surface area contributed by atoms with Crippen molar-refractivity contribution < 1.29 is 19.1 Å². The number of anilines is 1. The van der Waals surface area contributed by atoms with E-state index in [9.17, 15) is 14.0 Å². The molecule has 3 aromatic carbocycles. The molecule has 1 amide bonds. The van der Waals surface area contributed by atoms with Gasteiger partial charge >= 0.3 is 5.97 Å². The molecule has 0 saturated carbocycles. The molecular weight excluding hydrogens is 581 g/mol. The first-order valence-corrected chi connectivity index (χ1v) is 15.8. The summed E-state index contributed by atoms with van der Waals surface area (Å²) in [5.74, 6) is -0.937. The van der Waals surface area contributed by atoms with Crippen molar-refractivity contribution in [2.24, 2.45) is 5.92 Å². The molecule has 0 spiro atoms. The van der Waals surface area contributed by atoms with Crippen LogP contribution in [-0.2, 0) is 18.6 Å². The number of halogens is 1. The van der Waals surface area contributed by atoms with Crippen molar-refractivity contribution >= 4 is 28.5 Å². The number of carboxylic acid groups (broad SMARTS) is 1. The maximum Gasteiger partial charge on any atom is 0.335 e. The van der Waals surface area contributed by atoms with Crippen LogP contribution in [0.3, 0.4) is 0 Å². The highest BCUT2D eigenvalue weighted by molar-refractivity contribution is 6.08. The number of nitrogens with zero attached hydrogens (tertiary/aromatic N) is 4. The van der Waals surface area contributed by atoms with Gasteiger partial charge in [-0.3, -0.25) is 14.4 Å². The van der Waals surface area contributed by atoms with Crippen molar-refractivity contribution in [1.29, 1.82) is 0 Å². The second-order valence-electron chi connectivity index (χ2n) is 13.4. The van der Waals surface area contributed by atoms with E-state index in [0.29, 0.717) is 28.4 Å². The Morgan fingerprint density at radius 2 is 1.78 bits per heavy atom. The van der Waals surface area contributed by atoms with Gasteiger partial charge in [0, 0.05) is 42.5 Å². The van der Waals surface area contributed by atoms with Gasteiger partial charge in [0.05, 0.1) is 34.1 Å². The van der Waals surface area contributed by atoms with Crippen LogP contribution < -0.4 is 5.32 Å². The molecule has 8 nitrogen and oxygen atoms in total. The number of amides is 1. The van der Waals surface area contributed by atoms with Crippen LogP contribution in [0, 0.1) is 18.7 Å². The third kappa shape index (κ3) is 6.60. The molecule has 3 heterocycles. The number of nitrogens with one attached hydrogen (secondary N) is 1. The number of carbonyl (C=O) groups is 2. The van der Waals surface area contributed by atoms with Crippen molar-refractivity contribution in [2.45, 2.75) is 59.2 Å². The lowest BCUT2D eigenvalue weighted by Crippen LogP contribution is -2.24. The molecular formula is C37H40FN5O3. The van der Waals surface area contributed by atoms with E-state index in [1.165, 1.54) is 17.7 Å². The van der Waals surface area contributed by atoms with Crippen molar-refractivity contribution in [1.82, 2.24) is 19.2 Å². The molecule has 6 rings (SSSR count). The van der Waals surface area contributed by atoms with Crippen LogP contribution in [-0.4, -0.2) is 49.3 Å². The minimum Gasteiger partial charge on any atom is -0.478 e. The molecule has 1 saturated heterocycles. The third-order valence-electron chi connectivity index (χ3n) is 8.86. The Morgan fingerprint density at radius 3 is 2.48 bits per heavy atom. The summed E-state index contributed by atoms with van der Waals surface area (Å²) in [5.41, 5.74) is 5.82. The van der Waals surface area contributed by atoms with E-state index in [0.717, 1.165) is 61.1 Å². The summed E-state index contributed by atoms with van der Waals surface area (Å²) in [6.45, 7) is 11.9. The smallest absolute Gasteiger partial charge is 0.335 e. The Morgan fingerprint density at radius 1 is 1.04 bits per heavy atom. The summed E-state index contributed by atoms with van der Waals surface area (Å²) >= 11 is 0. The van der Waals surface area contributed by atoms with Gasteiger partial charge in [-0.05, 0) is 113 Å². The number of likely N-dealkylation sites (tertiary alicyclic amines) is 1. The average Bonchev–Trinajstić information content (AvgIpc) is 3.74.